The molecular formula is C17H22O2S. The van der Waals surface area contributed by atoms with Gasteiger partial charge in [0.2, 0.25) is 0 Å². The summed E-state index contributed by atoms with van der Waals surface area (Å²) in [7, 11) is -3.03. The molecule has 3 heteroatoms. The zero-order valence-electron chi connectivity index (χ0n) is 11.9. The van der Waals surface area contributed by atoms with Crippen LogP contribution >= 0.6 is 0 Å². The molecule has 0 spiro atoms. The van der Waals surface area contributed by atoms with E-state index in [9.17, 15) is 8.42 Å². The quantitative estimate of drug-likeness (QED) is 0.768. The van der Waals surface area contributed by atoms with Crippen LogP contribution in [-0.4, -0.2) is 14.2 Å². The molecule has 108 valence electrons. The number of benzene rings is 2. The van der Waals surface area contributed by atoms with Crippen LogP contribution in [0.1, 0.15) is 26.2 Å². The van der Waals surface area contributed by atoms with Gasteiger partial charge in [0.1, 0.15) is 0 Å². The van der Waals surface area contributed by atoms with Gasteiger partial charge in [-0.1, -0.05) is 74.4 Å². The average molecular weight is 290 g/mol. The highest BCUT2D eigenvalue weighted by Crippen LogP contribution is 2.12. The lowest BCUT2D eigenvalue weighted by atomic mass is 10.3. The van der Waals surface area contributed by atoms with E-state index in [1.807, 2.05) is 42.5 Å². The van der Waals surface area contributed by atoms with Crippen molar-refractivity contribution in [1.82, 2.24) is 0 Å². The summed E-state index contributed by atoms with van der Waals surface area (Å²) in [6.45, 7) is 2.06. The third-order valence-corrected chi connectivity index (χ3v) is 4.60. The van der Waals surface area contributed by atoms with Crippen LogP contribution in [-0.2, 0) is 9.84 Å². The lowest BCUT2D eigenvalue weighted by molar-refractivity contribution is 0.591. The van der Waals surface area contributed by atoms with Gasteiger partial charge in [-0.25, -0.2) is 8.42 Å². The fourth-order valence-electron chi connectivity index (χ4n) is 1.67. The van der Waals surface area contributed by atoms with E-state index in [1.54, 1.807) is 24.3 Å². The second kappa shape index (κ2) is 9.32. The van der Waals surface area contributed by atoms with Gasteiger partial charge in [-0.2, -0.15) is 0 Å². The minimum atomic E-state index is -3.03. The van der Waals surface area contributed by atoms with Crippen LogP contribution in [0.3, 0.4) is 0 Å². The minimum Gasteiger partial charge on any atom is -0.224 e. The molecule has 0 aliphatic rings. The molecule has 0 N–H and O–H groups in total. The molecule has 2 rings (SSSR count). The summed E-state index contributed by atoms with van der Waals surface area (Å²) >= 11 is 0. The van der Waals surface area contributed by atoms with Gasteiger partial charge in [0.15, 0.2) is 9.84 Å². The molecule has 0 saturated carbocycles. The lowest BCUT2D eigenvalue weighted by Crippen LogP contribution is -2.06. The van der Waals surface area contributed by atoms with Crippen molar-refractivity contribution in [3.8, 4) is 0 Å². The van der Waals surface area contributed by atoms with E-state index in [4.69, 9.17) is 0 Å². The molecule has 2 aromatic rings. The monoisotopic (exact) mass is 290 g/mol. The maximum atomic E-state index is 11.7. The van der Waals surface area contributed by atoms with Gasteiger partial charge in [-0.15, -0.1) is 0 Å². The maximum Gasteiger partial charge on any atom is 0.178 e. The molecule has 0 atom stereocenters. The summed E-state index contributed by atoms with van der Waals surface area (Å²) in [6, 6.07) is 20.6. The minimum absolute atomic E-state index is 0.269. The standard InChI is InChI=1S/C11H16O2S.C6H6/c1-2-3-7-10-14(12,13)11-8-5-4-6-9-11;1-2-4-6-5-3-1/h4-6,8-9H,2-3,7,10H2,1H3;1-6H. The molecule has 0 bridgehead atoms. The first-order valence-electron chi connectivity index (χ1n) is 6.94. The summed E-state index contributed by atoms with van der Waals surface area (Å²) in [5, 5.41) is 0. The highest BCUT2D eigenvalue weighted by Gasteiger charge is 2.12. The van der Waals surface area contributed by atoms with Crippen molar-refractivity contribution in [2.75, 3.05) is 5.75 Å². The van der Waals surface area contributed by atoms with Gasteiger partial charge < -0.3 is 0 Å². The number of hydrogen-bond acceptors (Lipinski definition) is 2. The average Bonchev–Trinajstić information content (AvgIpc) is 2.51. The van der Waals surface area contributed by atoms with E-state index in [2.05, 4.69) is 6.92 Å². The Labute approximate surface area is 122 Å². The predicted molar refractivity (Wildman–Crippen MR) is 84.5 cm³/mol. The van der Waals surface area contributed by atoms with Gasteiger partial charge in [-0.3, -0.25) is 0 Å². The first-order valence-corrected chi connectivity index (χ1v) is 8.60. The molecule has 0 aromatic heterocycles. The van der Waals surface area contributed by atoms with E-state index in [0.29, 0.717) is 4.90 Å². The highest BCUT2D eigenvalue weighted by molar-refractivity contribution is 7.91. The molecule has 20 heavy (non-hydrogen) atoms. The zero-order valence-corrected chi connectivity index (χ0v) is 12.7. The Balaban J connectivity index is 0.000000276. The largest absolute Gasteiger partial charge is 0.224 e. The first kappa shape index (κ1) is 16.4. The third kappa shape index (κ3) is 6.53. The molecule has 0 aliphatic carbocycles. The SMILES string of the molecule is CCCCCS(=O)(=O)c1ccccc1.c1ccccc1. The number of unbranched alkanes of at least 4 members (excludes halogenated alkanes) is 2. The van der Waals surface area contributed by atoms with Crippen LogP contribution in [0.5, 0.6) is 0 Å². The van der Waals surface area contributed by atoms with Crippen molar-refractivity contribution >= 4 is 9.84 Å². The molecule has 0 heterocycles. The molecule has 0 amide bonds. The fraction of sp³-hybridized carbons (Fsp3) is 0.294. The van der Waals surface area contributed by atoms with Crippen molar-refractivity contribution in [2.24, 2.45) is 0 Å². The van der Waals surface area contributed by atoms with Gasteiger partial charge in [0.25, 0.3) is 0 Å². The Bertz CT molecular complexity index is 521. The molecule has 0 fully saturated rings. The Kier molecular flexibility index (Phi) is 7.66. The normalized spacial score (nSPS) is 10.4. The molecule has 2 nitrogen and oxygen atoms in total. The van der Waals surface area contributed by atoms with Crippen LogP contribution in [0.4, 0.5) is 0 Å². The molecule has 0 saturated heterocycles. The lowest BCUT2D eigenvalue weighted by Gasteiger charge is -2.02. The van der Waals surface area contributed by atoms with E-state index in [1.165, 1.54) is 0 Å². The maximum absolute atomic E-state index is 11.7. The van der Waals surface area contributed by atoms with Gasteiger partial charge in [0.05, 0.1) is 10.6 Å². The fourth-order valence-corrected chi connectivity index (χ4v) is 3.06. The van der Waals surface area contributed by atoms with Crippen LogP contribution < -0.4 is 0 Å². The van der Waals surface area contributed by atoms with Gasteiger partial charge >= 0.3 is 0 Å². The Morgan fingerprint density at radius 1 is 0.750 bits per heavy atom. The molecule has 0 radical (unpaired) electrons. The Hall–Kier alpha value is -1.61. The van der Waals surface area contributed by atoms with Crippen molar-refractivity contribution in [3.05, 3.63) is 66.7 Å². The number of hydrogen-bond donors (Lipinski definition) is 0. The zero-order chi connectivity index (χ0) is 14.7. The van der Waals surface area contributed by atoms with Crippen molar-refractivity contribution < 1.29 is 8.42 Å². The number of sulfone groups is 1. The van der Waals surface area contributed by atoms with Crippen LogP contribution in [0.25, 0.3) is 0 Å². The van der Waals surface area contributed by atoms with E-state index in [0.717, 1.165) is 19.3 Å². The second-order valence-corrected chi connectivity index (χ2v) is 6.60. The number of rotatable bonds is 5. The van der Waals surface area contributed by atoms with Crippen LogP contribution in [0, 0.1) is 0 Å². The first-order chi connectivity index (χ1) is 9.67. The van der Waals surface area contributed by atoms with Crippen LogP contribution in [0.15, 0.2) is 71.6 Å². The topological polar surface area (TPSA) is 34.1 Å². The smallest absolute Gasteiger partial charge is 0.178 e. The molecule has 0 aliphatic heterocycles. The molecule has 2 aromatic carbocycles. The van der Waals surface area contributed by atoms with E-state index < -0.39 is 9.84 Å². The van der Waals surface area contributed by atoms with Crippen molar-refractivity contribution in [2.45, 2.75) is 31.1 Å². The van der Waals surface area contributed by atoms with Crippen LogP contribution in [0.2, 0.25) is 0 Å². The Morgan fingerprint density at radius 3 is 1.65 bits per heavy atom. The summed E-state index contributed by atoms with van der Waals surface area (Å²) in [5.41, 5.74) is 0. The highest BCUT2D eigenvalue weighted by atomic mass is 32.2. The Morgan fingerprint density at radius 2 is 1.20 bits per heavy atom. The predicted octanol–water partition coefficient (Wildman–Crippen LogP) is 4.34. The van der Waals surface area contributed by atoms with E-state index in [-0.39, 0.29) is 5.75 Å². The third-order valence-electron chi connectivity index (χ3n) is 2.79. The van der Waals surface area contributed by atoms with Gasteiger partial charge in [-0.05, 0) is 18.6 Å². The van der Waals surface area contributed by atoms with Gasteiger partial charge in [0, 0.05) is 0 Å². The summed E-state index contributed by atoms with van der Waals surface area (Å²) in [5.74, 6) is 0.269. The van der Waals surface area contributed by atoms with E-state index >= 15 is 0 Å². The second-order valence-electron chi connectivity index (χ2n) is 4.49. The molecular weight excluding hydrogens is 268 g/mol. The van der Waals surface area contributed by atoms with Crippen molar-refractivity contribution in [3.63, 3.8) is 0 Å². The summed E-state index contributed by atoms with van der Waals surface area (Å²) < 4.78 is 23.4. The summed E-state index contributed by atoms with van der Waals surface area (Å²) in [6.07, 6.45) is 2.78. The summed E-state index contributed by atoms with van der Waals surface area (Å²) in [4.78, 5) is 0.441. The molecule has 0 unspecified atom stereocenters. The van der Waals surface area contributed by atoms with Crippen molar-refractivity contribution in [1.29, 1.82) is 0 Å².